The van der Waals surface area contributed by atoms with E-state index in [2.05, 4.69) is 31.3 Å². The SMILES string of the molecule is Cc1nn(C)c2ncc(NC(=O)C(C)Oc3ccc(F)cc3Br)cc12. The third-order valence-electron chi connectivity index (χ3n) is 3.70. The van der Waals surface area contributed by atoms with E-state index in [9.17, 15) is 9.18 Å². The number of hydrogen-bond acceptors (Lipinski definition) is 4. The summed E-state index contributed by atoms with van der Waals surface area (Å²) < 4.78 is 20.8. The van der Waals surface area contributed by atoms with Gasteiger partial charge in [0.25, 0.3) is 5.91 Å². The van der Waals surface area contributed by atoms with Crippen molar-refractivity contribution in [2.24, 2.45) is 7.05 Å². The Hall–Kier alpha value is -2.48. The first kappa shape index (κ1) is 17.3. The summed E-state index contributed by atoms with van der Waals surface area (Å²) >= 11 is 3.21. The van der Waals surface area contributed by atoms with Crippen molar-refractivity contribution in [3.8, 4) is 5.75 Å². The molecule has 2 heterocycles. The molecule has 3 aromatic rings. The Morgan fingerprint density at radius 3 is 2.88 bits per heavy atom. The Balaban J connectivity index is 1.74. The predicted molar refractivity (Wildman–Crippen MR) is 96.1 cm³/mol. The molecule has 25 heavy (non-hydrogen) atoms. The third kappa shape index (κ3) is 3.63. The average Bonchev–Trinajstić information content (AvgIpc) is 2.84. The number of nitrogens with zero attached hydrogens (tertiary/aromatic N) is 3. The molecule has 1 aromatic carbocycles. The maximum Gasteiger partial charge on any atom is 0.265 e. The summed E-state index contributed by atoms with van der Waals surface area (Å²) in [6, 6.07) is 5.84. The molecular weight excluding hydrogens is 391 g/mol. The zero-order chi connectivity index (χ0) is 18.1. The molecular formula is C17H16BrFN4O2. The fourth-order valence-corrected chi connectivity index (χ4v) is 2.88. The number of pyridine rings is 1. The fraction of sp³-hybridized carbons (Fsp3) is 0.235. The molecule has 8 heteroatoms. The third-order valence-corrected chi connectivity index (χ3v) is 4.32. The summed E-state index contributed by atoms with van der Waals surface area (Å²) in [5, 5.41) is 7.94. The van der Waals surface area contributed by atoms with Gasteiger partial charge in [0.05, 0.1) is 22.1 Å². The molecule has 0 aliphatic carbocycles. The predicted octanol–water partition coefficient (Wildman–Crippen LogP) is 3.58. The van der Waals surface area contributed by atoms with Gasteiger partial charge in [-0.2, -0.15) is 5.10 Å². The van der Waals surface area contributed by atoms with Crippen molar-refractivity contribution >= 4 is 38.6 Å². The Bertz CT molecular complexity index is 957. The number of fused-ring (bicyclic) bond motifs is 1. The molecule has 0 fully saturated rings. The molecule has 0 saturated heterocycles. The van der Waals surface area contributed by atoms with Crippen molar-refractivity contribution in [2.75, 3.05) is 5.32 Å². The van der Waals surface area contributed by atoms with Crippen LogP contribution in [0, 0.1) is 12.7 Å². The van der Waals surface area contributed by atoms with Gasteiger partial charge in [0.2, 0.25) is 0 Å². The maximum atomic E-state index is 13.1. The minimum absolute atomic E-state index is 0.334. The molecule has 0 spiro atoms. The number of hydrogen-bond donors (Lipinski definition) is 1. The molecule has 0 bridgehead atoms. The monoisotopic (exact) mass is 406 g/mol. The van der Waals surface area contributed by atoms with Gasteiger partial charge in [0.15, 0.2) is 11.8 Å². The van der Waals surface area contributed by atoms with E-state index in [1.807, 2.05) is 20.0 Å². The highest BCUT2D eigenvalue weighted by atomic mass is 79.9. The van der Waals surface area contributed by atoms with Crippen LogP contribution in [0.2, 0.25) is 0 Å². The summed E-state index contributed by atoms with van der Waals surface area (Å²) in [6.07, 6.45) is 0.800. The highest BCUT2D eigenvalue weighted by Gasteiger charge is 2.17. The fourth-order valence-electron chi connectivity index (χ4n) is 2.43. The summed E-state index contributed by atoms with van der Waals surface area (Å²) in [7, 11) is 1.82. The lowest BCUT2D eigenvalue weighted by molar-refractivity contribution is -0.122. The second kappa shape index (κ2) is 6.79. The number of benzene rings is 1. The highest BCUT2D eigenvalue weighted by Crippen LogP contribution is 2.26. The van der Waals surface area contributed by atoms with Crippen molar-refractivity contribution in [3.63, 3.8) is 0 Å². The van der Waals surface area contributed by atoms with E-state index in [4.69, 9.17) is 4.74 Å². The lowest BCUT2D eigenvalue weighted by Gasteiger charge is -2.15. The van der Waals surface area contributed by atoms with Gasteiger partial charge in [-0.05, 0) is 54.0 Å². The van der Waals surface area contributed by atoms with E-state index in [1.165, 1.54) is 18.2 Å². The van der Waals surface area contributed by atoms with E-state index in [1.54, 1.807) is 17.8 Å². The number of carbonyl (C=O) groups is 1. The quantitative estimate of drug-likeness (QED) is 0.718. The molecule has 6 nitrogen and oxygen atoms in total. The second-order valence-corrected chi connectivity index (χ2v) is 6.48. The zero-order valence-electron chi connectivity index (χ0n) is 13.9. The van der Waals surface area contributed by atoms with Crippen LogP contribution >= 0.6 is 15.9 Å². The average molecular weight is 407 g/mol. The largest absolute Gasteiger partial charge is 0.480 e. The van der Waals surface area contributed by atoms with Crippen LogP contribution in [0.3, 0.4) is 0 Å². The first-order valence-electron chi connectivity index (χ1n) is 7.57. The lowest BCUT2D eigenvalue weighted by Crippen LogP contribution is -2.30. The molecule has 0 aliphatic rings. The van der Waals surface area contributed by atoms with Gasteiger partial charge >= 0.3 is 0 Å². The Labute approximate surface area is 152 Å². The number of carbonyl (C=O) groups excluding carboxylic acids is 1. The van der Waals surface area contributed by atoms with Crippen molar-refractivity contribution in [1.82, 2.24) is 14.8 Å². The molecule has 0 saturated carbocycles. The van der Waals surface area contributed by atoms with Crippen LogP contribution in [0.15, 0.2) is 34.9 Å². The zero-order valence-corrected chi connectivity index (χ0v) is 15.5. The molecule has 130 valence electrons. The van der Waals surface area contributed by atoms with Crippen LogP contribution in [0.25, 0.3) is 11.0 Å². The number of aryl methyl sites for hydroxylation is 2. The van der Waals surface area contributed by atoms with Gasteiger partial charge in [-0.15, -0.1) is 0 Å². The normalized spacial score (nSPS) is 12.2. The summed E-state index contributed by atoms with van der Waals surface area (Å²) in [4.78, 5) is 16.7. The van der Waals surface area contributed by atoms with Crippen LogP contribution in [0.1, 0.15) is 12.6 Å². The smallest absolute Gasteiger partial charge is 0.265 e. The number of ether oxygens (including phenoxy) is 1. The molecule has 1 unspecified atom stereocenters. The lowest BCUT2D eigenvalue weighted by atomic mass is 10.2. The molecule has 3 rings (SSSR count). The molecule has 0 aliphatic heterocycles. The van der Waals surface area contributed by atoms with Gasteiger partial charge in [0, 0.05) is 12.4 Å². The number of anilines is 1. The topological polar surface area (TPSA) is 69.0 Å². The molecule has 1 amide bonds. The van der Waals surface area contributed by atoms with Crippen molar-refractivity contribution in [1.29, 1.82) is 0 Å². The van der Waals surface area contributed by atoms with Gasteiger partial charge < -0.3 is 10.1 Å². The van der Waals surface area contributed by atoms with E-state index in [0.717, 1.165) is 16.7 Å². The molecule has 1 N–H and O–H groups in total. The van der Waals surface area contributed by atoms with Crippen LogP contribution < -0.4 is 10.1 Å². The van der Waals surface area contributed by atoms with Crippen LogP contribution in [0.5, 0.6) is 5.75 Å². The minimum atomic E-state index is -0.771. The second-order valence-electron chi connectivity index (χ2n) is 5.63. The highest BCUT2D eigenvalue weighted by molar-refractivity contribution is 9.10. The van der Waals surface area contributed by atoms with Gasteiger partial charge in [-0.3, -0.25) is 9.48 Å². The number of rotatable bonds is 4. The maximum absolute atomic E-state index is 13.1. The summed E-state index contributed by atoms with van der Waals surface area (Å²) in [5.74, 6) is -0.331. The number of nitrogens with one attached hydrogen (secondary N) is 1. The number of amides is 1. The van der Waals surface area contributed by atoms with Crippen LogP contribution in [-0.2, 0) is 11.8 Å². The van der Waals surface area contributed by atoms with Crippen LogP contribution in [-0.4, -0.2) is 26.8 Å². The van der Waals surface area contributed by atoms with Crippen LogP contribution in [0.4, 0.5) is 10.1 Å². The Morgan fingerprint density at radius 2 is 2.16 bits per heavy atom. The first-order valence-corrected chi connectivity index (χ1v) is 8.36. The van der Waals surface area contributed by atoms with Gasteiger partial charge in [0.1, 0.15) is 11.6 Å². The minimum Gasteiger partial charge on any atom is -0.480 e. The number of aromatic nitrogens is 3. The summed E-state index contributed by atoms with van der Waals surface area (Å²) in [6.45, 7) is 3.50. The van der Waals surface area contributed by atoms with E-state index in [-0.39, 0.29) is 11.7 Å². The Morgan fingerprint density at radius 1 is 1.40 bits per heavy atom. The van der Waals surface area contributed by atoms with E-state index in [0.29, 0.717) is 15.9 Å². The first-order chi connectivity index (χ1) is 11.8. The molecule has 2 aromatic heterocycles. The van der Waals surface area contributed by atoms with Crippen molar-refractivity contribution in [3.05, 3.63) is 46.4 Å². The van der Waals surface area contributed by atoms with E-state index >= 15 is 0 Å². The Kier molecular flexibility index (Phi) is 4.71. The van der Waals surface area contributed by atoms with Crippen molar-refractivity contribution < 1.29 is 13.9 Å². The van der Waals surface area contributed by atoms with E-state index < -0.39 is 6.10 Å². The van der Waals surface area contributed by atoms with Gasteiger partial charge in [-0.1, -0.05) is 0 Å². The molecule has 1 atom stereocenters. The van der Waals surface area contributed by atoms with Gasteiger partial charge in [-0.25, -0.2) is 9.37 Å². The summed E-state index contributed by atoms with van der Waals surface area (Å²) in [5.41, 5.74) is 2.14. The number of halogens is 2. The van der Waals surface area contributed by atoms with Crippen molar-refractivity contribution in [2.45, 2.75) is 20.0 Å². The molecule has 0 radical (unpaired) electrons. The standard InChI is InChI=1S/C17H16BrFN4O2/c1-9-13-7-12(8-20-16(13)23(3)22-9)21-17(24)10(2)25-15-5-4-11(19)6-14(15)18/h4-8,10H,1-3H3,(H,21,24).